The highest BCUT2D eigenvalue weighted by Gasteiger charge is 2.20. The summed E-state index contributed by atoms with van der Waals surface area (Å²) in [6.07, 6.45) is 0. The van der Waals surface area contributed by atoms with Crippen LogP contribution in [0.2, 0.25) is 0 Å². The standard InChI is InChI=1S/C13H11BrO3S/c1-10-6-2-4-8-12(10)17-18(15,16)13-9-5-3-7-11(13)14/h2-9H,1H3. The van der Waals surface area contributed by atoms with Crippen LogP contribution in [0, 0.1) is 6.92 Å². The van der Waals surface area contributed by atoms with Crippen LogP contribution in [0.4, 0.5) is 0 Å². The Morgan fingerprint density at radius 2 is 1.61 bits per heavy atom. The molecule has 0 amide bonds. The molecule has 2 rings (SSSR count). The third-order valence-electron chi connectivity index (χ3n) is 2.40. The fourth-order valence-corrected chi connectivity index (χ4v) is 3.41. The summed E-state index contributed by atoms with van der Waals surface area (Å²) in [7, 11) is -3.81. The molecule has 0 aromatic heterocycles. The van der Waals surface area contributed by atoms with Gasteiger partial charge in [0.15, 0.2) is 0 Å². The molecular formula is C13H11BrO3S. The topological polar surface area (TPSA) is 43.4 Å². The van der Waals surface area contributed by atoms with Gasteiger partial charge in [-0.05, 0) is 46.6 Å². The van der Waals surface area contributed by atoms with Crippen molar-refractivity contribution in [1.29, 1.82) is 0 Å². The Morgan fingerprint density at radius 3 is 2.28 bits per heavy atom. The zero-order chi connectivity index (χ0) is 13.2. The fraction of sp³-hybridized carbons (Fsp3) is 0.0769. The number of halogens is 1. The highest BCUT2D eigenvalue weighted by Crippen LogP contribution is 2.26. The predicted octanol–water partition coefficient (Wildman–Crippen LogP) is 3.53. The first-order chi connectivity index (χ1) is 8.50. The van der Waals surface area contributed by atoms with Gasteiger partial charge in [-0.15, -0.1) is 0 Å². The minimum absolute atomic E-state index is 0.119. The van der Waals surface area contributed by atoms with Gasteiger partial charge in [0.1, 0.15) is 10.6 Å². The van der Waals surface area contributed by atoms with Gasteiger partial charge >= 0.3 is 10.1 Å². The summed E-state index contributed by atoms with van der Waals surface area (Å²) in [5.74, 6) is 0.341. The van der Waals surface area contributed by atoms with Gasteiger partial charge < -0.3 is 4.18 Å². The molecule has 2 aromatic carbocycles. The maximum absolute atomic E-state index is 12.1. The van der Waals surface area contributed by atoms with Gasteiger partial charge in [0.2, 0.25) is 0 Å². The van der Waals surface area contributed by atoms with Gasteiger partial charge in [0.05, 0.1) is 0 Å². The lowest BCUT2D eigenvalue weighted by Crippen LogP contribution is -2.11. The van der Waals surface area contributed by atoms with Gasteiger partial charge in [0.25, 0.3) is 0 Å². The molecule has 94 valence electrons. The van der Waals surface area contributed by atoms with Crippen molar-refractivity contribution in [2.75, 3.05) is 0 Å². The van der Waals surface area contributed by atoms with Crippen molar-refractivity contribution in [1.82, 2.24) is 0 Å². The normalized spacial score (nSPS) is 11.2. The highest BCUT2D eigenvalue weighted by molar-refractivity contribution is 9.10. The van der Waals surface area contributed by atoms with Crippen LogP contribution in [-0.2, 0) is 10.1 Å². The van der Waals surface area contributed by atoms with Crippen molar-refractivity contribution in [3.8, 4) is 5.75 Å². The van der Waals surface area contributed by atoms with Gasteiger partial charge in [-0.3, -0.25) is 0 Å². The van der Waals surface area contributed by atoms with E-state index in [1.807, 2.05) is 6.07 Å². The average molecular weight is 327 g/mol. The third-order valence-corrected chi connectivity index (χ3v) is 4.65. The monoisotopic (exact) mass is 326 g/mol. The van der Waals surface area contributed by atoms with E-state index in [-0.39, 0.29) is 4.90 Å². The van der Waals surface area contributed by atoms with Crippen molar-refractivity contribution in [2.24, 2.45) is 0 Å². The Morgan fingerprint density at radius 1 is 1.00 bits per heavy atom. The maximum atomic E-state index is 12.1. The minimum Gasteiger partial charge on any atom is -0.379 e. The molecule has 5 heteroatoms. The van der Waals surface area contributed by atoms with E-state index in [0.717, 1.165) is 5.56 Å². The van der Waals surface area contributed by atoms with E-state index in [1.165, 1.54) is 6.07 Å². The van der Waals surface area contributed by atoms with E-state index < -0.39 is 10.1 Å². The molecule has 0 radical (unpaired) electrons. The van der Waals surface area contributed by atoms with Crippen LogP contribution < -0.4 is 4.18 Å². The lowest BCUT2D eigenvalue weighted by Gasteiger charge is -2.10. The summed E-state index contributed by atoms with van der Waals surface area (Å²) in [5.41, 5.74) is 0.771. The van der Waals surface area contributed by atoms with Gasteiger partial charge in [-0.2, -0.15) is 8.42 Å². The Kier molecular flexibility index (Phi) is 3.73. The van der Waals surface area contributed by atoms with Crippen LogP contribution >= 0.6 is 15.9 Å². The molecule has 0 heterocycles. The van der Waals surface area contributed by atoms with Crippen LogP contribution in [0.3, 0.4) is 0 Å². The second kappa shape index (κ2) is 5.12. The van der Waals surface area contributed by atoms with E-state index in [0.29, 0.717) is 10.2 Å². The molecule has 0 N–H and O–H groups in total. The number of para-hydroxylation sites is 1. The molecule has 0 fully saturated rings. The molecule has 0 aliphatic heterocycles. The van der Waals surface area contributed by atoms with E-state index in [2.05, 4.69) is 15.9 Å². The lowest BCUT2D eigenvalue weighted by atomic mass is 10.2. The number of aryl methyl sites for hydroxylation is 1. The molecule has 3 nitrogen and oxygen atoms in total. The van der Waals surface area contributed by atoms with Crippen LogP contribution in [0.25, 0.3) is 0 Å². The van der Waals surface area contributed by atoms with Crippen molar-refractivity contribution < 1.29 is 12.6 Å². The second-order valence-corrected chi connectivity index (χ2v) is 6.10. The smallest absolute Gasteiger partial charge is 0.340 e. The van der Waals surface area contributed by atoms with Crippen molar-refractivity contribution in [3.63, 3.8) is 0 Å². The number of rotatable bonds is 3. The fourth-order valence-electron chi connectivity index (χ4n) is 1.46. The first-order valence-electron chi connectivity index (χ1n) is 5.25. The van der Waals surface area contributed by atoms with Crippen molar-refractivity contribution >= 4 is 26.0 Å². The quantitative estimate of drug-likeness (QED) is 0.810. The molecule has 0 unspecified atom stereocenters. The largest absolute Gasteiger partial charge is 0.379 e. The van der Waals surface area contributed by atoms with Gasteiger partial charge in [-0.25, -0.2) is 0 Å². The molecule has 18 heavy (non-hydrogen) atoms. The van der Waals surface area contributed by atoms with E-state index in [9.17, 15) is 8.42 Å². The Balaban J connectivity index is 2.40. The lowest BCUT2D eigenvalue weighted by molar-refractivity contribution is 0.483. The van der Waals surface area contributed by atoms with E-state index in [1.54, 1.807) is 43.3 Å². The van der Waals surface area contributed by atoms with Gasteiger partial charge in [-0.1, -0.05) is 30.3 Å². The highest BCUT2D eigenvalue weighted by atomic mass is 79.9. The third kappa shape index (κ3) is 2.73. The summed E-state index contributed by atoms with van der Waals surface area (Å²) in [6.45, 7) is 1.80. The summed E-state index contributed by atoms with van der Waals surface area (Å²) >= 11 is 3.20. The van der Waals surface area contributed by atoms with Crippen LogP contribution in [0.15, 0.2) is 57.9 Å². The summed E-state index contributed by atoms with van der Waals surface area (Å²) in [6, 6.07) is 13.5. The molecule has 0 bridgehead atoms. The first kappa shape index (κ1) is 13.1. The zero-order valence-electron chi connectivity index (χ0n) is 9.63. The van der Waals surface area contributed by atoms with Crippen molar-refractivity contribution in [3.05, 3.63) is 58.6 Å². The van der Waals surface area contributed by atoms with Gasteiger partial charge in [0, 0.05) is 4.47 Å². The zero-order valence-corrected chi connectivity index (χ0v) is 12.0. The number of hydrogen-bond acceptors (Lipinski definition) is 3. The first-order valence-corrected chi connectivity index (χ1v) is 7.45. The summed E-state index contributed by atoms with van der Waals surface area (Å²) < 4.78 is 29.9. The van der Waals surface area contributed by atoms with E-state index >= 15 is 0 Å². The molecule has 0 aliphatic rings. The molecule has 0 saturated heterocycles. The summed E-state index contributed by atoms with van der Waals surface area (Å²) in [5, 5.41) is 0. The molecule has 0 saturated carbocycles. The van der Waals surface area contributed by atoms with Crippen LogP contribution in [-0.4, -0.2) is 8.42 Å². The maximum Gasteiger partial charge on any atom is 0.340 e. The van der Waals surface area contributed by atoms with Crippen molar-refractivity contribution in [2.45, 2.75) is 11.8 Å². The Labute approximate surface area is 115 Å². The Hall–Kier alpha value is -1.33. The minimum atomic E-state index is -3.81. The molecule has 0 atom stereocenters. The summed E-state index contributed by atoms with van der Waals surface area (Å²) in [4.78, 5) is 0.119. The second-order valence-electron chi connectivity index (χ2n) is 3.73. The number of benzene rings is 2. The molecule has 0 spiro atoms. The van der Waals surface area contributed by atoms with Crippen LogP contribution in [0.1, 0.15) is 5.56 Å². The molecule has 2 aromatic rings. The van der Waals surface area contributed by atoms with E-state index in [4.69, 9.17) is 4.18 Å². The number of hydrogen-bond donors (Lipinski definition) is 0. The predicted molar refractivity (Wildman–Crippen MR) is 73.1 cm³/mol. The molecule has 0 aliphatic carbocycles. The van der Waals surface area contributed by atoms with Crippen LogP contribution in [0.5, 0.6) is 5.75 Å². The SMILES string of the molecule is Cc1ccccc1OS(=O)(=O)c1ccccc1Br. The molecular weight excluding hydrogens is 316 g/mol. The Bertz CT molecular complexity index is 665. The average Bonchev–Trinajstić information content (AvgIpc) is 2.32.